The fourth-order valence-electron chi connectivity index (χ4n) is 5.28. The molecule has 4 heterocycles. The van der Waals surface area contributed by atoms with Crippen molar-refractivity contribution in [3.8, 4) is 0 Å². The van der Waals surface area contributed by atoms with Gasteiger partial charge in [0.25, 0.3) is 0 Å². The van der Waals surface area contributed by atoms with E-state index in [1.54, 1.807) is 27.7 Å². The van der Waals surface area contributed by atoms with Crippen molar-refractivity contribution in [1.29, 1.82) is 0 Å². The zero-order chi connectivity index (χ0) is 28.4. The van der Waals surface area contributed by atoms with Crippen LogP contribution in [0, 0.1) is 11.8 Å². The van der Waals surface area contributed by atoms with Crippen LogP contribution in [-0.2, 0) is 38.1 Å². The Morgan fingerprint density at radius 2 is 1.13 bits per heavy atom. The summed E-state index contributed by atoms with van der Waals surface area (Å²) in [7, 11) is 0. The van der Waals surface area contributed by atoms with Crippen LogP contribution in [0.25, 0.3) is 0 Å². The number of esters is 2. The summed E-state index contributed by atoms with van der Waals surface area (Å²) >= 11 is 0. The Labute approximate surface area is 222 Å². The van der Waals surface area contributed by atoms with Crippen molar-refractivity contribution in [2.75, 3.05) is 13.2 Å². The molecule has 0 amide bonds. The summed E-state index contributed by atoms with van der Waals surface area (Å²) in [6.45, 7) is 14.3. The molecule has 4 aliphatic rings. The van der Waals surface area contributed by atoms with Crippen molar-refractivity contribution in [3.05, 3.63) is 48.0 Å². The molecular weight excluding hydrogens is 496 g/mol. The number of carbonyl (C=O) groups excluding carboxylic acids is 4. The fraction of sp³-hybridized carbons (Fsp3) is 0.571. The molecule has 0 aromatic heterocycles. The molecule has 0 saturated carbocycles. The summed E-state index contributed by atoms with van der Waals surface area (Å²) in [5.41, 5.74) is -0.507. The van der Waals surface area contributed by atoms with Crippen molar-refractivity contribution in [3.63, 3.8) is 0 Å². The minimum atomic E-state index is -0.952. The van der Waals surface area contributed by atoms with Gasteiger partial charge in [-0.15, -0.1) is 0 Å². The quantitative estimate of drug-likeness (QED) is 0.352. The first-order valence-electron chi connectivity index (χ1n) is 12.5. The van der Waals surface area contributed by atoms with Gasteiger partial charge < -0.3 is 29.2 Å². The third-order valence-corrected chi connectivity index (χ3v) is 7.26. The molecule has 0 bridgehead atoms. The highest BCUT2D eigenvalue weighted by molar-refractivity contribution is 5.99. The van der Waals surface area contributed by atoms with Gasteiger partial charge >= 0.3 is 11.9 Å². The number of cyclic esters (lactones) is 2. The van der Waals surface area contributed by atoms with Crippen LogP contribution in [0.2, 0.25) is 0 Å². The van der Waals surface area contributed by atoms with Crippen LogP contribution in [0.5, 0.6) is 0 Å². The molecule has 4 aliphatic heterocycles. The predicted molar refractivity (Wildman–Crippen MR) is 134 cm³/mol. The second-order valence-corrected chi connectivity index (χ2v) is 10.6. The highest BCUT2D eigenvalue weighted by Crippen LogP contribution is 2.38. The molecule has 208 valence electrons. The van der Waals surface area contributed by atoms with Gasteiger partial charge in [0.2, 0.25) is 11.6 Å². The monoisotopic (exact) mass is 532 g/mol. The normalized spacial score (nSPS) is 33.9. The molecule has 0 unspecified atom stereocenters. The topological polar surface area (TPSA) is 146 Å². The lowest BCUT2D eigenvalue weighted by atomic mass is 9.84. The number of allylic oxidation sites excluding steroid dienone is 2. The molecule has 2 N–H and O–H groups in total. The first kappa shape index (κ1) is 29.3. The maximum Gasteiger partial charge on any atom is 0.306 e. The van der Waals surface area contributed by atoms with E-state index in [0.29, 0.717) is 35.5 Å². The number of ketones is 2. The average molecular weight is 533 g/mol. The maximum atomic E-state index is 11.9. The number of hydrogen-bond donors (Lipinski definition) is 2. The smallest absolute Gasteiger partial charge is 0.306 e. The number of aliphatic hydroxyl groups excluding tert-OH is 2. The highest BCUT2D eigenvalue weighted by atomic mass is 16.6. The molecule has 10 nitrogen and oxygen atoms in total. The summed E-state index contributed by atoms with van der Waals surface area (Å²) in [6.07, 6.45) is 2.83. The first-order valence-corrected chi connectivity index (χ1v) is 12.5. The summed E-state index contributed by atoms with van der Waals surface area (Å²) in [6, 6.07) is 0. The third-order valence-electron chi connectivity index (χ3n) is 7.26. The van der Waals surface area contributed by atoms with E-state index >= 15 is 0 Å². The number of carbonyl (C=O) groups is 4. The van der Waals surface area contributed by atoms with Crippen LogP contribution in [-0.4, -0.2) is 70.3 Å². The summed E-state index contributed by atoms with van der Waals surface area (Å²) in [5.74, 6) is -0.241. The van der Waals surface area contributed by atoms with E-state index in [-0.39, 0.29) is 61.4 Å². The van der Waals surface area contributed by atoms with E-state index in [1.165, 1.54) is 12.2 Å². The molecule has 38 heavy (non-hydrogen) atoms. The molecule has 4 rings (SSSR count). The van der Waals surface area contributed by atoms with Gasteiger partial charge in [0.05, 0.1) is 37.6 Å². The summed E-state index contributed by atoms with van der Waals surface area (Å²) < 4.78 is 21.1. The first-order chi connectivity index (χ1) is 17.7. The fourth-order valence-corrected chi connectivity index (χ4v) is 5.28. The predicted octanol–water partition coefficient (Wildman–Crippen LogP) is 2.24. The third kappa shape index (κ3) is 6.24. The van der Waals surface area contributed by atoms with Crippen LogP contribution >= 0.6 is 0 Å². The molecule has 0 aliphatic carbocycles. The highest BCUT2D eigenvalue weighted by Gasteiger charge is 2.45. The Morgan fingerprint density at radius 1 is 0.789 bits per heavy atom. The maximum absolute atomic E-state index is 11.9. The van der Waals surface area contributed by atoms with Crippen LogP contribution in [0.1, 0.15) is 53.4 Å². The van der Waals surface area contributed by atoms with E-state index in [9.17, 15) is 29.4 Å². The zero-order valence-electron chi connectivity index (χ0n) is 22.3. The lowest BCUT2D eigenvalue weighted by Crippen LogP contribution is -2.35. The zero-order valence-corrected chi connectivity index (χ0v) is 22.3. The SMILES string of the molecule is C=C(C[C@@]1(C)OC(C)=CC1=O)[C@H]1CC(=O)O[C@@H]1CO.C=C(C[C@]1(C)OC(C)=CC1=O)[C@H]1CC(=O)O[C@@H]1CO. The molecule has 0 spiro atoms. The van der Waals surface area contributed by atoms with E-state index in [0.717, 1.165) is 0 Å². The Morgan fingerprint density at radius 3 is 1.39 bits per heavy atom. The minimum Gasteiger partial charge on any atom is -0.484 e. The van der Waals surface area contributed by atoms with E-state index in [2.05, 4.69) is 13.2 Å². The van der Waals surface area contributed by atoms with Crippen molar-refractivity contribution in [2.24, 2.45) is 11.8 Å². The Balaban J connectivity index is 0.000000211. The molecule has 0 aromatic carbocycles. The molecule has 0 radical (unpaired) electrons. The van der Waals surface area contributed by atoms with E-state index in [4.69, 9.17) is 18.9 Å². The van der Waals surface area contributed by atoms with Gasteiger partial charge in [0.15, 0.2) is 11.2 Å². The van der Waals surface area contributed by atoms with E-state index in [1.807, 2.05) is 0 Å². The standard InChI is InChI=1S/2C14H18O5/c2*1-8(10-5-13(17)18-11(10)7-15)6-14(3)12(16)4-9(2)19-14/h2*4,10-11,15H,1,5-7H2,2-3H3/t10-,11-,14+;10-,11-,14-/m11/s1. The Bertz CT molecular complexity index is 1010. The largest absolute Gasteiger partial charge is 0.484 e. The number of aliphatic hydroxyl groups is 2. The van der Waals surface area contributed by atoms with Crippen LogP contribution in [0.4, 0.5) is 0 Å². The van der Waals surface area contributed by atoms with Gasteiger partial charge in [-0.2, -0.15) is 0 Å². The second kappa shape index (κ2) is 11.2. The lowest BCUT2D eigenvalue weighted by molar-refractivity contribution is -0.143. The molecule has 0 aromatic rings. The molecule has 10 heteroatoms. The van der Waals surface area contributed by atoms with Gasteiger partial charge in [-0.05, 0) is 27.7 Å². The Hall–Kier alpha value is -3.24. The average Bonchev–Trinajstić information content (AvgIpc) is 3.52. The van der Waals surface area contributed by atoms with Gasteiger partial charge in [-0.25, -0.2) is 0 Å². The lowest BCUT2D eigenvalue weighted by Gasteiger charge is -2.27. The van der Waals surface area contributed by atoms with Crippen LogP contribution in [0.15, 0.2) is 48.0 Å². The van der Waals surface area contributed by atoms with E-state index < -0.39 is 23.4 Å². The molecule has 2 fully saturated rings. The second-order valence-electron chi connectivity index (χ2n) is 10.6. The molecule has 6 atom stereocenters. The van der Waals surface area contributed by atoms with Crippen molar-refractivity contribution in [1.82, 2.24) is 0 Å². The summed E-state index contributed by atoms with van der Waals surface area (Å²) in [5, 5.41) is 18.4. The van der Waals surface area contributed by atoms with Crippen molar-refractivity contribution in [2.45, 2.75) is 76.8 Å². The Kier molecular flexibility index (Phi) is 8.68. The van der Waals surface area contributed by atoms with Gasteiger partial charge in [-0.3, -0.25) is 19.2 Å². The summed E-state index contributed by atoms with van der Waals surface area (Å²) in [4.78, 5) is 46.3. The van der Waals surface area contributed by atoms with Crippen LogP contribution in [0.3, 0.4) is 0 Å². The number of hydrogen-bond acceptors (Lipinski definition) is 10. The van der Waals surface area contributed by atoms with Gasteiger partial charge in [-0.1, -0.05) is 24.3 Å². The van der Waals surface area contributed by atoms with Crippen LogP contribution < -0.4 is 0 Å². The minimum absolute atomic E-state index is 0.100. The molecular formula is C28H36O10. The van der Waals surface area contributed by atoms with Crippen molar-refractivity contribution < 1.29 is 48.3 Å². The molecule has 2 saturated heterocycles. The van der Waals surface area contributed by atoms with Gasteiger partial charge in [0.1, 0.15) is 12.2 Å². The number of ether oxygens (including phenoxy) is 4. The van der Waals surface area contributed by atoms with Gasteiger partial charge in [0, 0.05) is 36.8 Å². The number of rotatable bonds is 8. The van der Waals surface area contributed by atoms with Crippen molar-refractivity contribution >= 4 is 23.5 Å².